The molecule has 0 atom stereocenters. The van der Waals surface area contributed by atoms with E-state index in [0.717, 1.165) is 0 Å². The number of esters is 1. The molecular weight excluding hydrogens is 416 g/mol. The van der Waals surface area contributed by atoms with Crippen molar-refractivity contribution >= 4 is 43.5 Å². The first kappa shape index (κ1) is 18.9. The SMILES string of the molecule is NS(=O)(=O)c1ccc(NC(=O)COC(=O)c2cc(Br)ccc2O)cc1. The van der Waals surface area contributed by atoms with E-state index in [1.807, 2.05) is 0 Å². The zero-order valence-electron chi connectivity index (χ0n) is 12.6. The minimum Gasteiger partial charge on any atom is -0.507 e. The van der Waals surface area contributed by atoms with Gasteiger partial charge in [-0.1, -0.05) is 15.9 Å². The third kappa shape index (κ3) is 5.28. The van der Waals surface area contributed by atoms with Gasteiger partial charge in [-0.2, -0.15) is 0 Å². The fourth-order valence-corrected chi connectivity index (χ4v) is 2.68. The Labute approximate surface area is 151 Å². The Morgan fingerprint density at radius 1 is 1.16 bits per heavy atom. The summed E-state index contributed by atoms with van der Waals surface area (Å²) >= 11 is 3.16. The standard InChI is InChI=1S/C15H13BrN2O6S/c16-9-1-6-13(19)12(7-9)15(21)24-8-14(20)18-10-2-4-11(5-3-10)25(17,22)23/h1-7,19H,8H2,(H,18,20)(H2,17,22,23). The summed E-state index contributed by atoms with van der Waals surface area (Å²) in [7, 11) is -3.82. The van der Waals surface area contributed by atoms with Crippen molar-refractivity contribution < 1.29 is 27.9 Å². The molecule has 0 aliphatic carbocycles. The van der Waals surface area contributed by atoms with Crippen molar-refractivity contribution in [2.75, 3.05) is 11.9 Å². The van der Waals surface area contributed by atoms with Gasteiger partial charge in [0.15, 0.2) is 6.61 Å². The second kappa shape index (κ2) is 7.64. The van der Waals surface area contributed by atoms with E-state index in [-0.39, 0.29) is 16.2 Å². The van der Waals surface area contributed by atoms with E-state index >= 15 is 0 Å². The Bertz CT molecular complexity index is 912. The number of carbonyl (C=O) groups is 2. The summed E-state index contributed by atoms with van der Waals surface area (Å²) in [6.07, 6.45) is 0. The summed E-state index contributed by atoms with van der Waals surface area (Å²) in [5.74, 6) is -1.77. The minimum absolute atomic E-state index is 0.0836. The number of hydrogen-bond acceptors (Lipinski definition) is 6. The van der Waals surface area contributed by atoms with Crippen LogP contribution in [0.3, 0.4) is 0 Å². The summed E-state index contributed by atoms with van der Waals surface area (Å²) in [4.78, 5) is 23.5. The molecule has 1 amide bonds. The van der Waals surface area contributed by atoms with E-state index < -0.39 is 28.5 Å². The molecule has 0 unspecified atom stereocenters. The number of amides is 1. The van der Waals surface area contributed by atoms with E-state index in [0.29, 0.717) is 10.2 Å². The number of rotatable bonds is 5. The molecule has 25 heavy (non-hydrogen) atoms. The number of aromatic hydroxyl groups is 1. The highest BCUT2D eigenvalue weighted by Crippen LogP contribution is 2.22. The monoisotopic (exact) mass is 428 g/mol. The second-order valence-corrected chi connectivity index (χ2v) is 7.33. The summed E-state index contributed by atoms with van der Waals surface area (Å²) in [6.45, 7) is -0.582. The molecule has 0 radical (unpaired) electrons. The summed E-state index contributed by atoms with van der Waals surface area (Å²) in [5.41, 5.74) is 0.221. The van der Waals surface area contributed by atoms with Gasteiger partial charge >= 0.3 is 5.97 Å². The number of nitrogens with two attached hydrogens (primary N) is 1. The molecule has 0 saturated heterocycles. The van der Waals surface area contributed by atoms with E-state index in [9.17, 15) is 23.1 Å². The molecule has 8 nitrogen and oxygen atoms in total. The predicted octanol–water partition coefficient (Wildman–Crippen LogP) is 1.60. The highest BCUT2D eigenvalue weighted by molar-refractivity contribution is 9.10. The zero-order valence-corrected chi connectivity index (χ0v) is 15.0. The lowest BCUT2D eigenvalue weighted by Gasteiger charge is -2.08. The van der Waals surface area contributed by atoms with Gasteiger partial charge in [-0.3, -0.25) is 4.79 Å². The number of nitrogens with one attached hydrogen (secondary N) is 1. The van der Waals surface area contributed by atoms with Crippen molar-refractivity contribution in [1.29, 1.82) is 0 Å². The number of ether oxygens (including phenoxy) is 1. The topological polar surface area (TPSA) is 136 Å². The molecule has 2 aromatic carbocycles. The van der Waals surface area contributed by atoms with Crippen molar-refractivity contribution in [3.63, 3.8) is 0 Å². The van der Waals surface area contributed by atoms with Crippen LogP contribution in [-0.2, 0) is 19.6 Å². The fourth-order valence-electron chi connectivity index (χ4n) is 1.81. The zero-order chi connectivity index (χ0) is 18.6. The number of carbonyl (C=O) groups excluding carboxylic acids is 2. The van der Waals surface area contributed by atoms with Gasteiger partial charge in [-0.15, -0.1) is 0 Å². The molecule has 2 rings (SSSR count). The van der Waals surface area contributed by atoms with Crippen LogP contribution in [0.15, 0.2) is 51.8 Å². The van der Waals surface area contributed by atoms with Gasteiger partial charge in [0.1, 0.15) is 11.3 Å². The molecule has 0 aliphatic heterocycles. The van der Waals surface area contributed by atoms with Gasteiger partial charge in [0.25, 0.3) is 5.91 Å². The van der Waals surface area contributed by atoms with Crippen LogP contribution in [0.4, 0.5) is 5.69 Å². The molecule has 2 aromatic rings. The molecule has 132 valence electrons. The van der Waals surface area contributed by atoms with Crippen LogP contribution in [0.25, 0.3) is 0 Å². The van der Waals surface area contributed by atoms with Gasteiger partial charge in [0.2, 0.25) is 10.0 Å². The molecule has 4 N–H and O–H groups in total. The molecule has 10 heteroatoms. The summed E-state index contributed by atoms with van der Waals surface area (Å²) < 4.78 is 27.7. The summed E-state index contributed by atoms with van der Waals surface area (Å²) in [5, 5.41) is 17.0. The molecular formula is C15H13BrN2O6S. The van der Waals surface area contributed by atoms with Crippen LogP contribution >= 0.6 is 15.9 Å². The molecule has 0 spiro atoms. The van der Waals surface area contributed by atoms with Gasteiger partial charge in [0.05, 0.1) is 4.90 Å². The number of benzene rings is 2. The smallest absolute Gasteiger partial charge is 0.342 e. The van der Waals surface area contributed by atoms with Gasteiger partial charge in [-0.25, -0.2) is 18.4 Å². The number of primary sulfonamides is 1. The number of halogens is 1. The Hall–Kier alpha value is -2.43. The van der Waals surface area contributed by atoms with E-state index in [1.54, 1.807) is 6.07 Å². The maximum Gasteiger partial charge on any atom is 0.342 e. The van der Waals surface area contributed by atoms with Crippen LogP contribution in [0.1, 0.15) is 10.4 Å². The highest BCUT2D eigenvalue weighted by atomic mass is 79.9. The number of phenols is 1. The van der Waals surface area contributed by atoms with Gasteiger partial charge < -0.3 is 15.2 Å². The molecule has 0 bridgehead atoms. The summed E-state index contributed by atoms with van der Waals surface area (Å²) in [6, 6.07) is 9.38. The second-order valence-electron chi connectivity index (χ2n) is 4.86. The van der Waals surface area contributed by atoms with Gasteiger partial charge in [-0.05, 0) is 42.5 Å². The van der Waals surface area contributed by atoms with Crippen LogP contribution in [0.2, 0.25) is 0 Å². The molecule has 0 aliphatic rings. The number of hydrogen-bond donors (Lipinski definition) is 3. The van der Waals surface area contributed by atoms with Crippen molar-refractivity contribution in [3.8, 4) is 5.75 Å². The van der Waals surface area contributed by atoms with Gasteiger partial charge in [0, 0.05) is 10.2 Å². The fraction of sp³-hybridized carbons (Fsp3) is 0.0667. The van der Waals surface area contributed by atoms with Crippen LogP contribution in [0.5, 0.6) is 5.75 Å². The first-order valence-electron chi connectivity index (χ1n) is 6.75. The van der Waals surface area contributed by atoms with Crippen LogP contribution in [-0.4, -0.2) is 32.0 Å². The minimum atomic E-state index is -3.82. The molecule has 0 aromatic heterocycles. The molecule has 0 heterocycles. The largest absolute Gasteiger partial charge is 0.507 e. The van der Waals surface area contributed by atoms with Crippen molar-refractivity contribution in [2.45, 2.75) is 4.90 Å². The molecule has 0 fully saturated rings. The maximum absolute atomic E-state index is 11.9. The predicted molar refractivity (Wildman–Crippen MR) is 92.5 cm³/mol. The quantitative estimate of drug-likeness (QED) is 0.618. The number of anilines is 1. The Kier molecular flexibility index (Phi) is 5.77. The van der Waals surface area contributed by atoms with Crippen LogP contribution in [0, 0.1) is 0 Å². The maximum atomic E-state index is 11.9. The third-order valence-electron chi connectivity index (χ3n) is 2.98. The highest BCUT2D eigenvalue weighted by Gasteiger charge is 2.15. The Morgan fingerprint density at radius 2 is 1.80 bits per heavy atom. The van der Waals surface area contributed by atoms with Crippen molar-refractivity contribution in [1.82, 2.24) is 0 Å². The first-order valence-corrected chi connectivity index (χ1v) is 9.09. The average molecular weight is 429 g/mol. The number of sulfonamides is 1. The van der Waals surface area contributed by atoms with Crippen molar-refractivity contribution in [3.05, 3.63) is 52.5 Å². The molecule has 0 saturated carbocycles. The lowest BCUT2D eigenvalue weighted by atomic mass is 10.2. The van der Waals surface area contributed by atoms with E-state index in [4.69, 9.17) is 9.88 Å². The third-order valence-corrected chi connectivity index (χ3v) is 4.40. The first-order chi connectivity index (χ1) is 11.7. The average Bonchev–Trinajstić information content (AvgIpc) is 2.54. The lowest BCUT2D eigenvalue weighted by molar-refractivity contribution is -0.119. The number of phenolic OH excluding ortho intramolecular Hbond substituents is 1. The Balaban J connectivity index is 1.94. The van der Waals surface area contributed by atoms with E-state index in [1.165, 1.54) is 36.4 Å². The van der Waals surface area contributed by atoms with Crippen molar-refractivity contribution in [2.24, 2.45) is 5.14 Å². The van der Waals surface area contributed by atoms with Crippen LogP contribution < -0.4 is 10.5 Å². The van der Waals surface area contributed by atoms with E-state index in [2.05, 4.69) is 21.2 Å². The normalized spacial score (nSPS) is 11.0. The Morgan fingerprint density at radius 3 is 2.40 bits per heavy atom. The lowest BCUT2D eigenvalue weighted by Crippen LogP contribution is -2.21.